The van der Waals surface area contributed by atoms with Crippen LogP contribution in [-0.4, -0.2) is 41.0 Å². The normalized spacial score (nSPS) is 16.3. The lowest BCUT2D eigenvalue weighted by Gasteiger charge is -2.39. The van der Waals surface area contributed by atoms with Crippen molar-refractivity contribution < 1.29 is 9.53 Å². The van der Waals surface area contributed by atoms with Crippen molar-refractivity contribution in [1.82, 2.24) is 14.7 Å². The van der Waals surface area contributed by atoms with Crippen LogP contribution < -0.4 is 10.2 Å². The van der Waals surface area contributed by atoms with Crippen molar-refractivity contribution in [2.45, 2.75) is 32.9 Å². The number of amides is 1. The van der Waals surface area contributed by atoms with Gasteiger partial charge in [0.05, 0.1) is 5.92 Å². The van der Waals surface area contributed by atoms with Gasteiger partial charge in [-0.05, 0) is 20.8 Å². The Labute approximate surface area is 117 Å². The standard InChI is InChI=1S/C12H20N4O2S/c1-12(2,3)14-10(17)8-5-16(6-8)11-13-9(7-18-4)15-19-11/h8H,5-7H2,1-4H3,(H,14,17). The molecule has 7 heteroatoms. The van der Waals surface area contributed by atoms with Gasteiger partial charge in [0.1, 0.15) is 6.61 Å². The van der Waals surface area contributed by atoms with Gasteiger partial charge in [0.2, 0.25) is 11.0 Å². The Morgan fingerprint density at radius 1 is 1.53 bits per heavy atom. The molecule has 1 aromatic heterocycles. The fourth-order valence-corrected chi connectivity index (χ4v) is 2.52. The Hall–Kier alpha value is -1.21. The van der Waals surface area contributed by atoms with E-state index in [4.69, 9.17) is 4.74 Å². The number of ether oxygens (including phenoxy) is 1. The first kappa shape index (κ1) is 14.2. The highest BCUT2D eigenvalue weighted by Crippen LogP contribution is 2.26. The highest BCUT2D eigenvalue weighted by molar-refractivity contribution is 7.09. The summed E-state index contributed by atoms with van der Waals surface area (Å²) in [6.07, 6.45) is 0. The molecular weight excluding hydrogens is 264 g/mol. The summed E-state index contributed by atoms with van der Waals surface area (Å²) >= 11 is 1.35. The van der Waals surface area contributed by atoms with Crippen LogP contribution in [0.1, 0.15) is 26.6 Å². The molecule has 0 bridgehead atoms. The fourth-order valence-electron chi connectivity index (χ4n) is 1.83. The van der Waals surface area contributed by atoms with E-state index in [1.807, 2.05) is 20.8 Å². The first-order valence-electron chi connectivity index (χ1n) is 6.27. The Bertz CT molecular complexity index is 449. The Balaban J connectivity index is 1.83. The molecule has 0 unspecified atom stereocenters. The van der Waals surface area contributed by atoms with Crippen molar-refractivity contribution in [1.29, 1.82) is 0 Å². The summed E-state index contributed by atoms with van der Waals surface area (Å²) in [5.41, 5.74) is -0.175. The van der Waals surface area contributed by atoms with E-state index >= 15 is 0 Å². The molecule has 6 nitrogen and oxygen atoms in total. The zero-order valence-electron chi connectivity index (χ0n) is 11.8. The van der Waals surface area contributed by atoms with Gasteiger partial charge in [0.25, 0.3) is 0 Å². The first-order valence-corrected chi connectivity index (χ1v) is 7.05. The fraction of sp³-hybridized carbons (Fsp3) is 0.750. The lowest BCUT2D eigenvalue weighted by Crippen LogP contribution is -2.56. The third kappa shape index (κ3) is 3.63. The number of hydrogen-bond donors (Lipinski definition) is 1. The van der Waals surface area contributed by atoms with Crippen molar-refractivity contribution in [3.8, 4) is 0 Å². The van der Waals surface area contributed by atoms with Gasteiger partial charge in [-0.25, -0.2) is 4.98 Å². The van der Waals surface area contributed by atoms with Crippen LogP contribution >= 0.6 is 11.5 Å². The van der Waals surface area contributed by atoms with Crippen molar-refractivity contribution in [3.05, 3.63) is 5.82 Å². The lowest BCUT2D eigenvalue weighted by molar-refractivity contribution is -0.127. The van der Waals surface area contributed by atoms with Gasteiger partial charge in [-0.2, -0.15) is 4.37 Å². The highest BCUT2D eigenvalue weighted by Gasteiger charge is 2.35. The topological polar surface area (TPSA) is 67.3 Å². The zero-order valence-corrected chi connectivity index (χ0v) is 12.6. The number of nitrogens with one attached hydrogen (secondary N) is 1. The molecule has 1 amide bonds. The second-order valence-electron chi connectivity index (χ2n) is 5.77. The minimum Gasteiger partial charge on any atom is -0.377 e. The predicted molar refractivity (Wildman–Crippen MR) is 74.2 cm³/mol. The smallest absolute Gasteiger partial charge is 0.227 e. The zero-order chi connectivity index (χ0) is 14.0. The van der Waals surface area contributed by atoms with E-state index in [9.17, 15) is 4.79 Å². The molecular formula is C12H20N4O2S. The molecule has 2 heterocycles. The van der Waals surface area contributed by atoms with E-state index < -0.39 is 0 Å². The number of carbonyl (C=O) groups excluding carboxylic acids is 1. The molecule has 1 fully saturated rings. The number of anilines is 1. The minimum absolute atomic E-state index is 0.0500. The molecule has 0 radical (unpaired) electrons. The van der Waals surface area contributed by atoms with E-state index in [-0.39, 0.29) is 17.4 Å². The number of rotatable bonds is 4. The van der Waals surface area contributed by atoms with Crippen molar-refractivity contribution >= 4 is 22.6 Å². The summed E-state index contributed by atoms with van der Waals surface area (Å²) in [4.78, 5) is 18.4. The summed E-state index contributed by atoms with van der Waals surface area (Å²) in [7, 11) is 1.62. The summed E-state index contributed by atoms with van der Waals surface area (Å²) in [6, 6.07) is 0. The second kappa shape index (κ2) is 5.42. The van der Waals surface area contributed by atoms with Crippen LogP contribution in [0.15, 0.2) is 0 Å². The maximum Gasteiger partial charge on any atom is 0.227 e. The van der Waals surface area contributed by atoms with Crippen molar-refractivity contribution in [2.24, 2.45) is 5.92 Å². The number of methoxy groups -OCH3 is 1. The maximum atomic E-state index is 11.9. The molecule has 106 valence electrons. The molecule has 1 aliphatic rings. The second-order valence-corrected chi connectivity index (χ2v) is 6.50. The summed E-state index contributed by atoms with van der Waals surface area (Å²) in [5.74, 6) is 0.865. The van der Waals surface area contributed by atoms with Crippen LogP contribution in [0.4, 0.5) is 5.13 Å². The molecule has 0 aromatic carbocycles. The number of hydrogen-bond acceptors (Lipinski definition) is 6. The molecule has 0 aliphatic carbocycles. The van der Waals surface area contributed by atoms with Gasteiger partial charge in [-0.1, -0.05) is 0 Å². The van der Waals surface area contributed by atoms with Gasteiger partial charge >= 0.3 is 0 Å². The van der Waals surface area contributed by atoms with Gasteiger partial charge in [0, 0.05) is 37.3 Å². The van der Waals surface area contributed by atoms with Crippen LogP contribution in [0.25, 0.3) is 0 Å². The number of carbonyl (C=O) groups is 1. The van der Waals surface area contributed by atoms with Crippen LogP contribution in [-0.2, 0) is 16.1 Å². The van der Waals surface area contributed by atoms with E-state index in [0.29, 0.717) is 25.5 Å². The molecule has 2 rings (SSSR count). The minimum atomic E-state index is -0.175. The number of aromatic nitrogens is 2. The van der Waals surface area contributed by atoms with E-state index in [2.05, 4.69) is 19.6 Å². The van der Waals surface area contributed by atoms with Gasteiger partial charge in [-0.3, -0.25) is 4.79 Å². The Morgan fingerprint density at radius 2 is 2.21 bits per heavy atom. The largest absolute Gasteiger partial charge is 0.377 e. The quantitative estimate of drug-likeness (QED) is 0.894. The van der Waals surface area contributed by atoms with Crippen LogP contribution in [0.2, 0.25) is 0 Å². The average Bonchev–Trinajstić information content (AvgIpc) is 2.61. The van der Waals surface area contributed by atoms with Crippen molar-refractivity contribution in [2.75, 3.05) is 25.1 Å². The van der Waals surface area contributed by atoms with Crippen LogP contribution in [0.5, 0.6) is 0 Å². The van der Waals surface area contributed by atoms with Gasteiger partial charge in [0.15, 0.2) is 5.82 Å². The van der Waals surface area contributed by atoms with Gasteiger partial charge in [-0.15, -0.1) is 0 Å². The van der Waals surface area contributed by atoms with E-state index in [1.165, 1.54) is 11.5 Å². The molecule has 1 aliphatic heterocycles. The van der Waals surface area contributed by atoms with Crippen molar-refractivity contribution in [3.63, 3.8) is 0 Å². The maximum absolute atomic E-state index is 11.9. The first-order chi connectivity index (χ1) is 8.89. The average molecular weight is 284 g/mol. The molecule has 19 heavy (non-hydrogen) atoms. The summed E-state index contributed by atoms with van der Waals surface area (Å²) < 4.78 is 9.19. The molecule has 0 spiro atoms. The highest BCUT2D eigenvalue weighted by atomic mass is 32.1. The summed E-state index contributed by atoms with van der Waals surface area (Å²) in [6.45, 7) is 7.82. The number of nitrogens with zero attached hydrogens (tertiary/aromatic N) is 3. The summed E-state index contributed by atoms with van der Waals surface area (Å²) in [5, 5.41) is 3.87. The van der Waals surface area contributed by atoms with Crippen LogP contribution in [0, 0.1) is 5.92 Å². The molecule has 1 saturated heterocycles. The SMILES string of the molecule is COCc1nsc(N2CC(C(=O)NC(C)(C)C)C2)n1. The lowest BCUT2D eigenvalue weighted by atomic mass is 9.98. The predicted octanol–water partition coefficient (Wildman–Crippen LogP) is 1.04. The molecule has 1 aromatic rings. The molecule has 0 saturated carbocycles. The van der Waals surface area contributed by atoms with Gasteiger partial charge < -0.3 is 15.0 Å². The Kier molecular flexibility index (Phi) is 4.05. The monoisotopic (exact) mass is 284 g/mol. The van der Waals surface area contributed by atoms with E-state index in [0.717, 1.165) is 5.13 Å². The third-order valence-corrected chi connectivity index (χ3v) is 3.57. The molecule has 0 atom stereocenters. The molecule has 1 N–H and O–H groups in total. The third-order valence-electron chi connectivity index (χ3n) is 2.75. The van der Waals surface area contributed by atoms with E-state index in [1.54, 1.807) is 7.11 Å². The van der Waals surface area contributed by atoms with Crippen LogP contribution in [0.3, 0.4) is 0 Å². The Morgan fingerprint density at radius 3 is 2.79 bits per heavy atom.